The van der Waals surface area contributed by atoms with E-state index in [0.717, 1.165) is 29.7 Å². The SMILES string of the molecule is O=C(Nc1sc2c(c1C(=O)O)CCC2)c1ccc(Cl)s1. The van der Waals surface area contributed by atoms with E-state index in [1.54, 1.807) is 12.1 Å². The fraction of sp³-hybridized carbons (Fsp3) is 0.231. The second kappa shape index (κ2) is 5.20. The maximum absolute atomic E-state index is 12.1. The van der Waals surface area contributed by atoms with Crippen LogP contribution in [-0.2, 0) is 12.8 Å². The molecule has 1 aliphatic carbocycles. The number of nitrogens with one attached hydrogen (secondary N) is 1. The summed E-state index contributed by atoms with van der Waals surface area (Å²) in [5.41, 5.74) is 1.13. The number of thiophene rings is 2. The smallest absolute Gasteiger partial charge is 0.339 e. The minimum atomic E-state index is -0.982. The highest BCUT2D eigenvalue weighted by Crippen LogP contribution is 2.39. The van der Waals surface area contributed by atoms with Gasteiger partial charge in [-0.25, -0.2) is 4.79 Å². The molecule has 4 nitrogen and oxygen atoms in total. The Labute approximate surface area is 128 Å². The Morgan fingerprint density at radius 3 is 2.70 bits per heavy atom. The van der Waals surface area contributed by atoms with Gasteiger partial charge in [0.05, 0.1) is 14.8 Å². The number of aromatic carboxylic acids is 1. The first-order chi connectivity index (χ1) is 9.56. The van der Waals surface area contributed by atoms with Crippen molar-refractivity contribution in [2.24, 2.45) is 0 Å². The van der Waals surface area contributed by atoms with Crippen LogP contribution in [0.3, 0.4) is 0 Å². The molecule has 2 aromatic rings. The van der Waals surface area contributed by atoms with Crippen molar-refractivity contribution >= 4 is 51.2 Å². The summed E-state index contributed by atoms with van der Waals surface area (Å²) in [5, 5.41) is 12.5. The molecule has 0 saturated heterocycles. The second-order valence-corrected chi connectivity index (χ2v) is 7.24. The summed E-state index contributed by atoms with van der Waals surface area (Å²) >= 11 is 8.33. The average molecular weight is 328 g/mol. The zero-order chi connectivity index (χ0) is 14.3. The van der Waals surface area contributed by atoms with E-state index in [-0.39, 0.29) is 11.5 Å². The Morgan fingerprint density at radius 2 is 2.05 bits per heavy atom. The molecule has 7 heteroatoms. The van der Waals surface area contributed by atoms with Gasteiger partial charge in [-0.15, -0.1) is 22.7 Å². The molecule has 0 atom stereocenters. The summed E-state index contributed by atoms with van der Waals surface area (Å²) in [6.45, 7) is 0. The van der Waals surface area contributed by atoms with E-state index in [1.807, 2.05) is 0 Å². The van der Waals surface area contributed by atoms with E-state index in [1.165, 1.54) is 22.7 Å². The van der Waals surface area contributed by atoms with Gasteiger partial charge in [-0.2, -0.15) is 0 Å². The largest absolute Gasteiger partial charge is 0.478 e. The van der Waals surface area contributed by atoms with Gasteiger partial charge in [-0.3, -0.25) is 4.79 Å². The molecule has 0 spiro atoms. The summed E-state index contributed by atoms with van der Waals surface area (Å²) in [6, 6.07) is 3.28. The van der Waals surface area contributed by atoms with Gasteiger partial charge in [0, 0.05) is 4.88 Å². The molecule has 2 aromatic heterocycles. The Balaban J connectivity index is 1.91. The van der Waals surface area contributed by atoms with Crippen molar-refractivity contribution in [3.8, 4) is 0 Å². The molecule has 2 heterocycles. The molecule has 0 saturated carbocycles. The molecule has 3 rings (SSSR count). The lowest BCUT2D eigenvalue weighted by Gasteiger charge is -2.03. The number of aryl methyl sites for hydroxylation is 1. The number of fused-ring (bicyclic) bond motifs is 1. The van der Waals surface area contributed by atoms with E-state index in [9.17, 15) is 14.7 Å². The van der Waals surface area contributed by atoms with E-state index in [0.29, 0.717) is 14.2 Å². The van der Waals surface area contributed by atoms with E-state index >= 15 is 0 Å². The molecule has 104 valence electrons. The number of halogens is 1. The number of carboxylic acid groups (broad SMARTS) is 1. The van der Waals surface area contributed by atoms with Crippen LogP contribution in [0.5, 0.6) is 0 Å². The van der Waals surface area contributed by atoms with Gasteiger partial charge in [-0.1, -0.05) is 11.6 Å². The topological polar surface area (TPSA) is 66.4 Å². The highest BCUT2D eigenvalue weighted by molar-refractivity contribution is 7.18. The highest BCUT2D eigenvalue weighted by atomic mass is 35.5. The minimum absolute atomic E-state index is 0.249. The van der Waals surface area contributed by atoms with E-state index < -0.39 is 5.97 Å². The van der Waals surface area contributed by atoms with Crippen LogP contribution in [0.25, 0.3) is 0 Å². The molecule has 0 aliphatic heterocycles. The van der Waals surface area contributed by atoms with E-state index in [4.69, 9.17) is 11.6 Å². The summed E-state index contributed by atoms with van der Waals surface area (Å²) < 4.78 is 0.530. The number of hydrogen-bond acceptors (Lipinski definition) is 4. The standard InChI is InChI=1S/C13H10ClNO3S2/c14-9-5-4-8(19-9)11(16)15-12-10(13(17)18)6-2-1-3-7(6)20-12/h4-5H,1-3H2,(H,15,16)(H,17,18). The number of anilines is 1. The van der Waals surface area contributed by atoms with Crippen LogP contribution < -0.4 is 5.32 Å². The maximum Gasteiger partial charge on any atom is 0.339 e. The zero-order valence-electron chi connectivity index (χ0n) is 10.2. The normalized spacial score (nSPS) is 13.2. The molecule has 0 unspecified atom stereocenters. The van der Waals surface area contributed by atoms with Crippen molar-refractivity contribution in [2.75, 3.05) is 5.32 Å². The van der Waals surface area contributed by atoms with Gasteiger partial charge < -0.3 is 10.4 Å². The summed E-state index contributed by atoms with van der Waals surface area (Å²) in [7, 11) is 0. The van der Waals surface area contributed by atoms with E-state index in [2.05, 4.69) is 5.32 Å². The number of carboxylic acids is 1. The predicted octanol–water partition coefficient (Wildman–Crippen LogP) is 3.90. The third kappa shape index (κ3) is 2.34. The number of hydrogen-bond donors (Lipinski definition) is 2. The van der Waals surface area contributed by atoms with Gasteiger partial charge in [0.25, 0.3) is 5.91 Å². The predicted molar refractivity (Wildman–Crippen MR) is 80.6 cm³/mol. The van der Waals surface area contributed by atoms with Crippen molar-refractivity contribution in [1.82, 2.24) is 0 Å². The van der Waals surface area contributed by atoms with Gasteiger partial charge in [0.1, 0.15) is 5.00 Å². The third-order valence-corrected chi connectivity index (χ3v) is 5.60. The van der Waals surface area contributed by atoms with Crippen LogP contribution in [0.4, 0.5) is 5.00 Å². The minimum Gasteiger partial charge on any atom is -0.478 e. The van der Waals surface area contributed by atoms with Gasteiger partial charge >= 0.3 is 5.97 Å². The van der Waals surface area contributed by atoms with Crippen molar-refractivity contribution in [2.45, 2.75) is 19.3 Å². The lowest BCUT2D eigenvalue weighted by molar-refractivity contribution is 0.0697. The molecule has 1 amide bonds. The van der Waals surface area contributed by atoms with Crippen LogP contribution in [0.15, 0.2) is 12.1 Å². The van der Waals surface area contributed by atoms with Crippen LogP contribution in [0.2, 0.25) is 4.34 Å². The first-order valence-corrected chi connectivity index (χ1v) is 8.02. The second-order valence-electron chi connectivity index (χ2n) is 4.42. The molecule has 20 heavy (non-hydrogen) atoms. The molecular weight excluding hydrogens is 318 g/mol. The lowest BCUT2D eigenvalue weighted by atomic mass is 10.1. The van der Waals surface area contributed by atoms with Crippen molar-refractivity contribution in [1.29, 1.82) is 0 Å². The Hall–Kier alpha value is -1.37. The van der Waals surface area contributed by atoms with Gasteiger partial charge in [0.15, 0.2) is 0 Å². The third-order valence-electron chi connectivity index (χ3n) is 3.16. The molecular formula is C13H10ClNO3S2. The monoisotopic (exact) mass is 327 g/mol. The quantitative estimate of drug-likeness (QED) is 0.898. The van der Waals surface area contributed by atoms with Crippen molar-refractivity contribution in [3.05, 3.63) is 37.4 Å². The first-order valence-electron chi connectivity index (χ1n) is 6.01. The van der Waals surface area contributed by atoms with Crippen LogP contribution in [0.1, 0.15) is 36.9 Å². The molecule has 2 N–H and O–H groups in total. The van der Waals surface area contributed by atoms with Crippen LogP contribution in [-0.4, -0.2) is 17.0 Å². The Bertz CT molecular complexity index is 705. The van der Waals surface area contributed by atoms with Crippen molar-refractivity contribution in [3.63, 3.8) is 0 Å². The Morgan fingerprint density at radius 1 is 1.25 bits per heavy atom. The molecule has 0 bridgehead atoms. The van der Waals surface area contributed by atoms with Crippen LogP contribution in [0, 0.1) is 0 Å². The first kappa shape index (κ1) is 13.6. The number of rotatable bonds is 3. The molecule has 1 aliphatic rings. The fourth-order valence-corrected chi connectivity index (χ4v) is 4.53. The van der Waals surface area contributed by atoms with Gasteiger partial charge in [-0.05, 0) is 37.0 Å². The molecule has 0 radical (unpaired) electrons. The fourth-order valence-electron chi connectivity index (χ4n) is 2.32. The molecule has 0 fully saturated rings. The zero-order valence-corrected chi connectivity index (χ0v) is 12.6. The summed E-state index contributed by atoms with van der Waals surface area (Å²) in [6.07, 6.45) is 2.64. The number of carbonyl (C=O) groups excluding carboxylic acids is 1. The highest BCUT2D eigenvalue weighted by Gasteiger charge is 2.27. The van der Waals surface area contributed by atoms with Crippen LogP contribution >= 0.6 is 34.3 Å². The maximum atomic E-state index is 12.1. The summed E-state index contributed by atoms with van der Waals surface area (Å²) in [4.78, 5) is 25.0. The number of carbonyl (C=O) groups is 2. The lowest BCUT2D eigenvalue weighted by Crippen LogP contribution is -2.12. The number of amides is 1. The summed E-state index contributed by atoms with van der Waals surface area (Å²) in [5.74, 6) is -1.30. The molecule has 0 aromatic carbocycles. The van der Waals surface area contributed by atoms with Gasteiger partial charge in [0.2, 0.25) is 0 Å². The van der Waals surface area contributed by atoms with Crippen molar-refractivity contribution < 1.29 is 14.7 Å². The average Bonchev–Trinajstić information content (AvgIpc) is 3.03. The Kier molecular flexibility index (Phi) is 3.54.